The van der Waals surface area contributed by atoms with Crippen LogP contribution in [0.2, 0.25) is 0 Å². The van der Waals surface area contributed by atoms with E-state index in [9.17, 15) is 4.79 Å². The number of aromatic carboxylic acids is 1. The number of anilines is 2. The Hall–Kier alpha value is -2.43. The third-order valence-electron chi connectivity index (χ3n) is 2.50. The molecule has 2 rings (SSSR count). The van der Waals surface area contributed by atoms with Crippen LogP contribution >= 0.6 is 0 Å². The van der Waals surface area contributed by atoms with E-state index in [1.54, 1.807) is 0 Å². The van der Waals surface area contributed by atoms with Crippen LogP contribution in [-0.4, -0.2) is 21.0 Å². The van der Waals surface area contributed by atoms with E-state index in [1.807, 2.05) is 32.0 Å². The normalized spacial score (nSPS) is 10.1. The minimum absolute atomic E-state index is 0.0789. The molecule has 18 heavy (non-hydrogen) atoms. The summed E-state index contributed by atoms with van der Waals surface area (Å²) in [5.41, 5.74) is 3.04. The van der Waals surface area contributed by atoms with Crippen molar-refractivity contribution >= 4 is 17.5 Å². The second-order valence-corrected chi connectivity index (χ2v) is 4.04. The lowest BCUT2D eigenvalue weighted by atomic mass is 10.1. The van der Waals surface area contributed by atoms with E-state index >= 15 is 0 Å². The second kappa shape index (κ2) is 4.83. The maximum atomic E-state index is 10.8. The molecule has 1 heterocycles. The Balaban J connectivity index is 2.28. The molecule has 0 unspecified atom stereocenters. The molecule has 0 fully saturated rings. The van der Waals surface area contributed by atoms with Crippen molar-refractivity contribution < 1.29 is 9.90 Å². The number of carboxylic acids is 1. The molecule has 0 bridgehead atoms. The van der Waals surface area contributed by atoms with Gasteiger partial charge in [-0.15, -0.1) is 0 Å². The zero-order valence-corrected chi connectivity index (χ0v) is 10.1. The molecular weight excluding hydrogens is 230 g/mol. The van der Waals surface area contributed by atoms with E-state index in [0.717, 1.165) is 11.3 Å². The number of aryl methyl sites for hydroxylation is 2. The number of hydrogen-bond acceptors (Lipinski definition) is 4. The van der Waals surface area contributed by atoms with Crippen LogP contribution in [-0.2, 0) is 0 Å². The number of carboxylic acid groups (broad SMARTS) is 1. The lowest BCUT2D eigenvalue weighted by Crippen LogP contribution is -2.04. The summed E-state index contributed by atoms with van der Waals surface area (Å²) in [7, 11) is 0. The smallest absolute Gasteiger partial charge is 0.356 e. The topological polar surface area (TPSA) is 75.1 Å². The number of hydrogen-bond donors (Lipinski definition) is 2. The maximum Gasteiger partial charge on any atom is 0.356 e. The van der Waals surface area contributed by atoms with Crippen molar-refractivity contribution in [1.82, 2.24) is 9.97 Å². The Morgan fingerprint density at radius 2 is 2.06 bits per heavy atom. The molecule has 2 aromatic rings. The number of benzene rings is 1. The van der Waals surface area contributed by atoms with Gasteiger partial charge in [-0.3, -0.25) is 4.98 Å². The van der Waals surface area contributed by atoms with E-state index < -0.39 is 5.97 Å². The lowest BCUT2D eigenvalue weighted by molar-refractivity contribution is 0.0690. The number of rotatable bonds is 3. The number of carbonyl (C=O) groups is 1. The van der Waals surface area contributed by atoms with Crippen molar-refractivity contribution in [1.29, 1.82) is 0 Å². The molecule has 0 spiro atoms. The minimum Gasteiger partial charge on any atom is -0.476 e. The van der Waals surface area contributed by atoms with Gasteiger partial charge in [-0.1, -0.05) is 17.7 Å². The first-order valence-electron chi connectivity index (χ1n) is 5.46. The summed E-state index contributed by atoms with van der Waals surface area (Å²) < 4.78 is 0. The Morgan fingerprint density at radius 3 is 2.72 bits per heavy atom. The fourth-order valence-electron chi connectivity index (χ4n) is 1.62. The zero-order chi connectivity index (χ0) is 13.1. The molecule has 92 valence electrons. The van der Waals surface area contributed by atoms with Crippen LogP contribution in [0.1, 0.15) is 21.6 Å². The Morgan fingerprint density at radius 1 is 1.28 bits per heavy atom. The van der Waals surface area contributed by atoms with Gasteiger partial charge < -0.3 is 10.4 Å². The molecule has 2 N–H and O–H groups in total. The van der Waals surface area contributed by atoms with Gasteiger partial charge in [-0.2, -0.15) is 0 Å². The van der Waals surface area contributed by atoms with E-state index in [-0.39, 0.29) is 5.69 Å². The number of nitrogens with one attached hydrogen (secondary N) is 1. The van der Waals surface area contributed by atoms with Gasteiger partial charge in [0.1, 0.15) is 5.82 Å². The SMILES string of the molecule is Cc1ccc(Nc2cncc(C(=O)O)n2)c(C)c1. The third kappa shape index (κ3) is 2.63. The van der Waals surface area contributed by atoms with Gasteiger partial charge in [0.25, 0.3) is 0 Å². The van der Waals surface area contributed by atoms with Crippen LogP contribution < -0.4 is 5.32 Å². The molecule has 0 aliphatic heterocycles. The van der Waals surface area contributed by atoms with Gasteiger partial charge in [0.15, 0.2) is 5.69 Å². The highest BCUT2D eigenvalue weighted by atomic mass is 16.4. The minimum atomic E-state index is -1.09. The molecule has 0 aliphatic rings. The van der Waals surface area contributed by atoms with Crippen LogP contribution in [0.25, 0.3) is 0 Å². The molecule has 0 saturated heterocycles. The van der Waals surface area contributed by atoms with E-state index in [2.05, 4.69) is 15.3 Å². The van der Waals surface area contributed by atoms with Gasteiger partial charge in [0, 0.05) is 5.69 Å². The molecule has 0 amide bonds. The van der Waals surface area contributed by atoms with Crippen LogP contribution in [0.15, 0.2) is 30.6 Å². The highest BCUT2D eigenvalue weighted by Crippen LogP contribution is 2.19. The first kappa shape index (κ1) is 12.0. The largest absolute Gasteiger partial charge is 0.476 e. The summed E-state index contributed by atoms with van der Waals surface area (Å²) in [6.07, 6.45) is 2.71. The molecule has 1 aromatic heterocycles. The number of aromatic nitrogens is 2. The van der Waals surface area contributed by atoms with E-state index in [0.29, 0.717) is 5.82 Å². The molecule has 5 nitrogen and oxygen atoms in total. The standard InChI is InChI=1S/C13H13N3O2/c1-8-3-4-10(9(2)5-8)15-12-7-14-6-11(16-12)13(17)18/h3-7H,1-2H3,(H,15,16)(H,17,18). The quantitative estimate of drug-likeness (QED) is 0.866. The monoisotopic (exact) mass is 243 g/mol. The fourth-order valence-corrected chi connectivity index (χ4v) is 1.62. The summed E-state index contributed by atoms with van der Waals surface area (Å²) in [4.78, 5) is 18.6. The van der Waals surface area contributed by atoms with Crippen LogP contribution in [0.4, 0.5) is 11.5 Å². The van der Waals surface area contributed by atoms with Crippen LogP contribution in [0.3, 0.4) is 0 Å². The highest BCUT2D eigenvalue weighted by molar-refractivity contribution is 5.85. The Labute approximate surface area is 105 Å². The van der Waals surface area contributed by atoms with Crippen molar-refractivity contribution in [3.8, 4) is 0 Å². The van der Waals surface area contributed by atoms with Gasteiger partial charge in [0.05, 0.1) is 12.4 Å². The summed E-state index contributed by atoms with van der Waals surface area (Å²) >= 11 is 0. The molecule has 1 aromatic carbocycles. The van der Waals surface area contributed by atoms with Crippen molar-refractivity contribution in [2.75, 3.05) is 5.32 Å². The van der Waals surface area contributed by atoms with Crippen molar-refractivity contribution in [3.05, 3.63) is 47.4 Å². The number of nitrogens with zero attached hydrogens (tertiary/aromatic N) is 2. The average Bonchev–Trinajstić information content (AvgIpc) is 2.33. The summed E-state index contributed by atoms with van der Waals surface area (Å²) in [5.74, 6) is -0.673. The Bertz CT molecular complexity index is 597. The Kier molecular flexibility index (Phi) is 3.23. The maximum absolute atomic E-state index is 10.8. The second-order valence-electron chi connectivity index (χ2n) is 4.04. The lowest BCUT2D eigenvalue weighted by Gasteiger charge is -2.09. The summed E-state index contributed by atoms with van der Waals surface area (Å²) in [5, 5.41) is 11.9. The highest BCUT2D eigenvalue weighted by Gasteiger charge is 2.07. The molecule has 0 atom stereocenters. The molecule has 0 saturated carbocycles. The molecule has 5 heteroatoms. The first-order chi connectivity index (χ1) is 8.56. The molecule has 0 radical (unpaired) electrons. The first-order valence-corrected chi connectivity index (χ1v) is 5.46. The third-order valence-corrected chi connectivity index (χ3v) is 2.50. The summed E-state index contributed by atoms with van der Waals surface area (Å²) in [6.45, 7) is 3.99. The van der Waals surface area contributed by atoms with Gasteiger partial charge in [0.2, 0.25) is 0 Å². The van der Waals surface area contributed by atoms with E-state index in [1.165, 1.54) is 18.0 Å². The van der Waals surface area contributed by atoms with Gasteiger partial charge in [-0.25, -0.2) is 9.78 Å². The van der Waals surface area contributed by atoms with Crippen LogP contribution in [0, 0.1) is 13.8 Å². The van der Waals surface area contributed by atoms with Crippen LogP contribution in [0.5, 0.6) is 0 Å². The zero-order valence-electron chi connectivity index (χ0n) is 10.1. The predicted molar refractivity (Wildman–Crippen MR) is 68.2 cm³/mol. The predicted octanol–water partition coefficient (Wildman–Crippen LogP) is 2.54. The molecular formula is C13H13N3O2. The van der Waals surface area contributed by atoms with Gasteiger partial charge >= 0.3 is 5.97 Å². The summed E-state index contributed by atoms with van der Waals surface area (Å²) in [6, 6.07) is 5.94. The van der Waals surface area contributed by atoms with Crippen molar-refractivity contribution in [3.63, 3.8) is 0 Å². The van der Waals surface area contributed by atoms with E-state index in [4.69, 9.17) is 5.11 Å². The van der Waals surface area contributed by atoms with Gasteiger partial charge in [-0.05, 0) is 25.5 Å². The molecule has 0 aliphatic carbocycles. The van der Waals surface area contributed by atoms with Crippen molar-refractivity contribution in [2.24, 2.45) is 0 Å². The fraction of sp³-hybridized carbons (Fsp3) is 0.154. The van der Waals surface area contributed by atoms with Crippen molar-refractivity contribution in [2.45, 2.75) is 13.8 Å². The average molecular weight is 243 g/mol.